The average molecular weight is 598 g/mol. The first-order chi connectivity index (χ1) is 19.3. The van der Waals surface area contributed by atoms with Gasteiger partial charge in [-0.15, -0.1) is 0 Å². The number of ether oxygens (including phenoxy) is 1. The molecule has 0 radical (unpaired) electrons. The van der Waals surface area contributed by atoms with Crippen LogP contribution >= 0.6 is 11.6 Å². The van der Waals surface area contributed by atoms with Crippen LogP contribution in [0.4, 0.5) is 4.39 Å². The fraction of sp³-hybridized carbons (Fsp3) is 0.310. The van der Waals surface area contributed by atoms with Gasteiger partial charge in [-0.2, -0.15) is 0 Å². The summed E-state index contributed by atoms with van der Waals surface area (Å²) in [6, 6.07) is 7.58. The Morgan fingerprint density at radius 1 is 1.07 bits per heavy atom. The van der Waals surface area contributed by atoms with Crippen molar-refractivity contribution in [3.63, 3.8) is 0 Å². The van der Waals surface area contributed by atoms with E-state index in [1.807, 2.05) is 27.7 Å². The zero-order chi connectivity index (χ0) is 29.7. The number of carbonyl (C=O) groups is 1. The summed E-state index contributed by atoms with van der Waals surface area (Å²) in [7, 11) is -4.04. The van der Waals surface area contributed by atoms with E-state index in [0.29, 0.717) is 16.0 Å². The zero-order valence-corrected chi connectivity index (χ0v) is 24.8. The number of nitrogens with zero attached hydrogens (tertiary/aromatic N) is 5. The number of pyridine rings is 1. The third-order valence-corrected chi connectivity index (χ3v) is 8.79. The van der Waals surface area contributed by atoms with Gasteiger partial charge in [-0.1, -0.05) is 50.1 Å². The van der Waals surface area contributed by atoms with E-state index in [0.717, 1.165) is 9.54 Å². The van der Waals surface area contributed by atoms with Gasteiger partial charge in [0, 0.05) is 35.7 Å². The Labute approximate surface area is 242 Å². The number of halogens is 2. The van der Waals surface area contributed by atoms with Gasteiger partial charge in [-0.25, -0.2) is 31.7 Å². The lowest BCUT2D eigenvalue weighted by Crippen LogP contribution is -2.27. The normalized spacial score (nSPS) is 13.1. The van der Waals surface area contributed by atoms with E-state index in [-0.39, 0.29) is 40.4 Å². The number of hydrogen-bond acceptors (Lipinski definition) is 7. The molecule has 0 fully saturated rings. The summed E-state index contributed by atoms with van der Waals surface area (Å²) < 4.78 is 50.3. The van der Waals surface area contributed by atoms with Crippen LogP contribution in [0.25, 0.3) is 33.5 Å². The van der Waals surface area contributed by atoms with Crippen LogP contribution < -0.4 is 0 Å². The van der Waals surface area contributed by atoms with E-state index in [4.69, 9.17) is 21.3 Å². The minimum absolute atomic E-state index is 0.00747. The Morgan fingerprint density at radius 2 is 1.78 bits per heavy atom. The van der Waals surface area contributed by atoms with Crippen LogP contribution in [-0.2, 0) is 19.6 Å². The number of esters is 1. The Kier molecular flexibility index (Phi) is 7.37. The molecule has 0 amide bonds. The highest BCUT2D eigenvalue weighted by Gasteiger charge is 2.32. The largest absolute Gasteiger partial charge is 0.466 e. The van der Waals surface area contributed by atoms with Gasteiger partial charge in [0.2, 0.25) is 0 Å². The Morgan fingerprint density at radius 3 is 2.44 bits per heavy atom. The van der Waals surface area contributed by atoms with E-state index in [2.05, 4.69) is 9.97 Å². The molecule has 214 valence electrons. The van der Waals surface area contributed by atoms with Crippen LogP contribution in [0.1, 0.15) is 45.7 Å². The number of carbonyl (C=O) groups excluding carboxylic acids is 1. The Balaban J connectivity index is 1.71. The fourth-order valence-corrected chi connectivity index (χ4v) is 6.28. The molecule has 1 atom stereocenters. The van der Waals surface area contributed by atoms with Crippen molar-refractivity contribution in [3.05, 3.63) is 71.5 Å². The SMILES string of the molecule is CCOC(=O)CC(n1cc(F)c2cnc(-c3cn(S(=O)(=O)c4ccc(C)cc4)c4ncc(Cl)cc34)nc21)C(C)(C)C. The summed E-state index contributed by atoms with van der Waals surface area (Å²) in [6.45, 7) is 9.66. The second kappa shape index (κ2) is 10.5. The van der Waals surface area contributed by atoms with Crippen LogP contribution in [0.2, 0.25) is 5.02 Å². The van der Waals surface area contributed by atoms with Gasteiger partial charge in [0.05, 0.1) is 34.4 Å². The summed E-state index contributed by atoms with van der Waals surface area (Å²) in [5.74, 6) is -0.805. The number of aryl methyl sites for hydroxylation is 1. The predicted molar refractivity (Wildman–Crippen MR) is 155 cm³/mol. The zero-order valence-electron chi connectivity index (χ0n) is 23.2. The molecule has 4 heterocycles. The van der Waals surface area contributed by atoms with E-state index in [1.165, 1.54) is 36.9 Å². The topological polar surface area (TPSA) is 109 Å². The van der Waals surface area contributed by atoms with Gasteiger partial charge < -0.3 is 9.30 Å². The molecule has 41 heavy (non-hydrogen) atoms. The van der Waals surface area contributed by atoms with Gasteiger partial charge in [0.15, 0.2) is 17.3 Å². The highest BCUT2D eigenvalue weighted by molar-refractivity contribution is 7.90. The first-order valence-electron chi connectivity index (χ1n) is 13.0. The maximum Gasteiger partial charge on any atom is 0.307 e. The van der Waals surface area contributed by atoms with Gasteiger partial charge in [0.25, 0.3) is 10.0 Å². The maximum absolute atomic E-state index is 15.1. The molecule has 5 aromatic rings. The van der Waals surface area contributed by atoms with Gasteiger partial charge in [0.1, 0.15) is 5.65 Å². The Hall–Kier alpha value is -3.83. The van der Waals surface area contributed by atoms with Crippen molar-refractivity contribution < 1.29 is 22.3 Å². The quantitative estimate of drug-likeness (QED) is 0.202. The van der Waals surface area contributed by atoms with Crippen molar-refractivity contribution >= 4 is 49.7 Å². The molecule has 0 aliphatic rings. The highest BCUT2D eigenvalue weighted by Crippen LogP contribution is 2.38. The van der Waals surface area contributed by atoms with E-state index >= 15 is 4.39 Å². The third-order valence-electron chi connectivity index (χ3n) is 6.92. The molecule has 5 rings (SSSR count). The van der Waals surface area contributed by atoms with Crippen molar-refractivity contribution in [2.75, 3.05) is 6.61 Å². The molecular formula is C29H29ClFN5O4S. The van der Waals surface area contributed by atoms with Crippen molar-refractivity contribution in [2.45, 2.75) is 52.0 Å². The number of aromatic nitrogens is 5. The van der Waals surface area contributed by atoms with Crippen molar-refractivity contribution in [2.24, 2.45) is 5.41 Å². The fourth-order valence-electron chi connectivity index (χ4n) is 4.80. The van der Waals surface area contributed by atoms with Crippen LogP contribution in [0.5, 0.6) is 0 Å². The molecule has 0 N–H and O–H groups in total. The van der Waals surface area contributed by atoms with Crippen molar-refractivity contribution in [1.82, 2.24) is 23.5 Å². The molecule has 0 bridgehead atoms. The van der Waals surface area contributed by atoms with Gasteiger partial charge in [-0.3, -0.25) is 4.79 Å². The first-order valence-corrected chi connectivity index (χ1v) is 14.8. The number of rotatable bonds is 7. The summed E-state index contributed by atoms with van der Waals surface area (Å²) in [5.41, 5.74) is 1.20. The van der Waals surface area contributed by atoms with Crippen LogP contribution in [0.3, 0.4) is 0 Å². The number of fused-ring (bicyclic) bond motifs is 2. The van der Waals surface area contributed by atoms with Crippen LogP contribution in [0.15, 0.2) is 60.0 Å². The molecular weight excluding hydrogens is 569 g/mol. The molecule has 0 saturated carbocycles. The van der Waals surface area contributed by atoms with Gasteiger partial charge >= 0.3 is 5.97 Å². The smallest absolute Gasteiger partial charge is 0.307 e. The second-order valence-electron chi connectivity index (χ2n) is 10.9. The molecule has 9 nitrogen and oxygen atoms in total. The lowest BCUT2D eigenvalue weighted by molar-refractivity contribution is -0.144. The minimum atomic E-state index is -4.04. The molecule has 12 heteroatoms. The van der Waals surface area contributed by atoms with Crippen LogP contribution in [0, 0.1) is 18.2 Å². The summed E-state index contributed by atoms with van der Waals surface area (Å²) >= 11 is 6.27. The average Bonchev–Trinajstić information content (AvgIpc) is 3.44. The number of benzene rings is 1. The van der Waals surface area contributed by atoms with E-state index in [9.17, 15) is 13.2 Å². The lowest BCUT2D eigenvalue weighted by atomic mass is 9.84. The molecule has 4 aromatic heterocycles. The Bertz CT molecular complexity index is 1890. The minimum Gasteiger partial charge on any atom is -0.466 e. The highest BCUT2D eigenvalue weighted by atomic mass is 35.5. The predicted octanol–water partition coefficient (Wildman–Crippen LogP) is 6.33. The van der Waals surface area contributed by atoms with Crippen LogP contribution in [-0.4, -0.2) is 44.5 Å². The molecule has 1 unspecified atom stereocenters. The lowest BCUT2D eigenvalue weighted by Gasteiger charge is -2.31. The summed E-state index contributed by atoms with van der Waals surface area (Å²) in [6.07, 6.45) is 5.43. The van der Waals surface area contributed by atoms with E-state index < -0.39 is 33.3 Å². The third kappa shape index (κ3) is 5.31. The number of hydrogen-bond donors (Lipinski definition) is 0. The molecule has 0 aliphatic carbocycles. The standard InChI is InChI=1S/C29H29ClFN5O4S/c1-6-40-25(37)12-24(29(3,4)5)35-16-23(31)21-14-32-26(34-28(21)35)22-15-36(27-20(22)11-18(30)13-33-27)41(38,39)19-9-7-17(2)8-10-19/h7-11,13-16,24H,6,12H2,1-5H3. The summed E-state index contributed by atoms with van der Waals surface area (Å²) in [4.78, 5) is 26.0. The summed E-state index contributed by atoms with van der Waals surface area (Å²) in [5, 5.41) is 0.867. The molecule has 0 saturated heterocycles. The van der Waals surface area contributed by atoms with Crippen molar-refractivity contribution in [1.29, 1.82) is 0 Å². The second-order valence-corrected chi connectivity index (χ2v) is 13.1. The molecule has 1 aromatic carbocycles. The van der Waals surface area contributed by atoms with Gasteiger partial charge in [-0.05, 0) is 37.5 Å². The molecule has 0 aliphatic heterocycles. The molecule has 0 spiro atoms. The van der Waals surface area contributed by atoms with E-state index in [1.54, 1.807) is 29.7 Å². The monoisotopic (exact) mass is 597 g/mol. The maximum atomic E-state index is 15.1. The van der Waals surface area contributed by atoms with Crippen molar-refractivity contribution in [3.8, 4) is 11.4 Å². The first kappa shape index (κ1) is 28.7.